The lowest BCUT2D eigenvalue weighted by molar-refractivity contribution is -0.385. The molecule has 8 nitrogen and oxygen atoms in total. The highest BCUT2D eigenvalue weighted by Gasteiger charge is 2.41. The smallest absolute Gasteiger partial charge is 0.288 e. The Morgan fingerprint density at radius 1 is 1.48 bits per heavy atom. The van der Waals surface area contributed by atoms with Crippen LogP contribution < -0.4 is 11.1 Å². The summed E-state index contributed by atoms with van der Waals surface area (Å²) >= 11 is 0. The van der Waals surface area contributed by atoms with Gasteiger partial charge in [0.05, 0.1) is 22.6 Å². The highest BCUT2D eigenvalue weighted by molar-refractivity contribution is 5.99. The van der Waals surface area contributed by atoms with Crippen molar-refractivity contribution in [1.82, 2.24) is 10.3 Å². The second-order valence-corrected chi connectivity index (χ2v) is 5.42. The summed E-state index contributed by atoms with van der Waals surface area (Å²) in [5, 5.41) is 13.6. The zero-order valence-corrected chi connectivity index (χ0v) is 11.3. The summed E-state index contributed by atoms with van der Waals surface area (Å²) in [5.74, 6) is 0.0585. The number of nitro groups is 1. The number of hydrogen-bond donors (Lipinski definition) is 2. The van der Waals surface area contributed by atoms with Crippen molar-refractivity contribution in [3.8, 4) is 0 Å². The molecule has 2 aliphatic rings. The van der Waals surface area contributed by atoms with Crippen molar-refractivity contribution >= 4 is 17.4 Å². The molecule has 0 radical (unpaired) electrons. The van der Waals surface area contributed by atoms with Crippen molar-refractivity contribution < 1.29 is 14.5 Å². The maximum absolute atomic E-state index is 12.3. The fourth-order valence-electron chi connectivity index (χ4n) is 2.65. The number of hydrogen-bond acceptors (Lipinski definition) is 6. The lowest BCUT2D eigenvalue weighted by atomic mass is 10.1. The molecule has 112 valence electrons. The topological polar surface area (TPSA) is 120 Å². The van der Waals surface area contributed by atoms with Crippen molar-refractivity contribution in [2.75, 3.05) is 12.3 Å². The first-order chi connectivity index (χ1) is 10.1. The molecule has 1 aliphatic heterocycles. The van der Waals surface area contributed by atoms with Gasteiger partial charge in [-0.15, -0.1) is 0 Å². The fourth-order valence-corrected chi connectivity index (χ4v) is 2.65. The molecular formula is C13H16N4O4. The summed E-state index contributed by atoms with van der Waals surface area (Å²) in [5.41, 5.74) is 5.42. The Kier molecular flexibility index (Phi) is 3.46. The maximum Gasteiger partial charge on any atom is 0.288 e. The van der Waals surface area contributed by atoms with Gasteiger partial charge in [-0.25, -0.2) is 4.98 Å². The van der Waals surface area contributed by atoms with Gasteiger partial charge >= 0.3 is 0 Å². The minimum atomic E-state index is -0.602. The lowest BCUT2D eigenvalue weighted by Crippen LogP contribution is -2.41. The molecule has 2 unspecified atom stereocenters. The average molecular weight is 292 g/mol. The van der Waals surface area contributed by atoms with E-state index in [-0.39, 0.29) is 29.2 Å². The van der Waals surface area contributed by atoms with Crippen LogP contribution in [0, 0.1) is 16.0 Å². The molecule has 2 fully saturated rings. The Hall–Kier alpha value is -2.22. The number of amides is 1. The van der Waals surface area contributed by atoms with Crippen molar-refractivity contribution in [2.24, 2.45) is 5.92 Å². The molecule has 3 N–H and O–H groups in total. The van der Waals surface area contributed by atoms with Crippen LogP contribution in [0.2, 0.25) is 0 Å². The first-order valence-corrected chi connectivity index (χ1v) is 6.88. The third-order valence-corrected chi connectivity index (χ3v) is 3.90. The molecule has 2 heterocycles. The molecule has 8 heteroatoms. The van der Waals surface area contributed by atoms with Gasteiger partial charge < -0.3 is 15.8 Å². The molecule has 1 saturated carbocycles. The number of nitrogen functional groups attached to an aromatic ring is 1. The quantitative estimate of drug-likeness (QED) is 0.627. The van der Waals surface area contributed by atoms with E-state index >= 15 is 0 Å². The number of nitrogens with two attached hydrogens (primary N) is 1. The summed E-state index contributed by atoms with van der Waals surface area (Å²) in [6, 6.07) is 1.09. The first kappa shape index (κ1) is 13.7. The Morgan fingerprint density at radius 3 is 2.90 bits per heavy atom. The van der Waals surface area contributed by atoms with Gasteiger partial charge in [-0.2, -0.15) is 0 Å². The third-order valence-electron chi connectivity index (χ3n) is 3.90. The minimum Gasteiger partial charge on any atom is -0.383 e. The van der Waals surface area contributed by atoms with E-state index in [2.05, 4.69) is 10.3 Å². The number of pyridine rings is 1. The Morgan fingerprint density at radius 2 is 2.24 bits per heavy atom. The van der Waals surface area contributed by atoms with E-state index in [1.807, 2.05) is 0 Å². The number of carbonyl (C=O) groups is 1. The van der Waals surface area contributed by atoms with Crippen molar-refractivity contribution in [2.45, 2.75) is 31.4 Å². The van der Waals surface area contributed by atoms with E-state index in [1.54, 1.807) is 0 Å². The van der Waals surface area contributed by atoms with Gasteiger partial charge in [0.25, 0.3) is 11.6 Å². The summed E-state index contributed by atoms with van der Waals surface area (Å²) < 4.78 is 5.65. The molecule has 0 bridgehead atoms. The number of aromatic nitrogens is 1. The van der Waals surface area contributed by atoms with Crippen LogP contribution in [0.15, 0.2) is 12.3 Å². The number of anilines is 1. The number of nitrogens with one attached hydrogen (secondary N) is 1. The van der Waals surface area contributed by atoms with E-state index in [4.69, 9.17) is 10.5 Å². The fraction of sp³-hybridized carbons (Fsp3) is 0.538. The van der Waals surface area contributed by atoms with Crippen LogP contribution in [-0.4, -0.2) is 34.6 Å². The first-order valence-electron chi connectivity index (χ1n) is 6.88. The van der Waals surface area contributed by atoms with Crippen molar-refractivity contribution in [3.63, 3.8) is 0 Å². The minimum absolute atomic E-state index is 0.0139. The lowest BCUT2D eigenvalue weighted by Gasteiger charge is -2.19. The predicted octanol–water partition coefficient (Wildman–Crippen LogP) is 0.869. The van der Waals surface area contributed by atoms with Crippen molar-refractivity contribution in [1.29, 1.82) is 0 Å². The normalized spacial score (nSPS) is 24.8. The third kappa shape index (κ3) is 2.80. The molecule has 0 spiro atoms. The molecular weight excluding hydrogens is 276 g/mol. The average Bonchev–Trinajstić information content (AvgIpc) is 3.19. The van der Waals surface area contributed by atoms with E-state index in [0.717, 1.165) is 31.5 Å². The van der Waals surface area contributed by atoms with Gasteiger partial charge in [-0.3, -0.25) is 14.9 Å². The molecule has 1 aliphatic carbocycles. The zero-order chi connectivity index (χ0) is 15.0. The second-order valence-electron chi connectivity index (χ2n) is 5.42. The van der Waals surface area contributed by atoms with Crippen LogP contribution in [0.4, 0.5) is 11.5 Å². The molecule has 0 aromatic carbocycles. The molecule has 1 saturated heterocycles. The second kappa shape index (κ2) is 5.28. The molecule has 1 amide bonds. The Labute approximate surface area is 120 Å². The molecule has 3 rings (SSSR count). The number of carbonyl (C=O) groups excluding carboxylic acids is 1. The van der Waals surface area contributed by atoms with Crippen LogP contribution in [0.25, 0.3) is 0 Å². The van der Waals surface area contributed by atoms with Gasteiger partial charge in [-0.05, 0) is 25.2 Å². The van der Waals surface area contributed by atoms with E-state index in [0.29, 0.717) is 12.5 Å². The summed E-state index contributed by atoms with van der Waals surface area (Å²) in [7, 11) is 0. The van der Waals surface area contributed by atoms with Gasteiger partial charge in [-0.1, -0.05) is 0 Å². The van der Waals surface area contributed by atoms with Gasteiger partial charge in [0.15, 0.2) is 0 Å². The van der Waals surface area contributed by atoms with Gasteiger partial charge in [0.2, 0.25) is 0 Å². The predicted molar refractivity (Wildman–Crippen MR) is 73.6 cm³/mol. The standard InChI is InChI=1S/C13H16N4O4/c14-12-9(5-8(6-15-12)17(19)20)13(18)16-10-3-4-21-11(10)7-1-2-7/h5-7,10-11H,1-4H2,(H2,14,15)(H,16,18). The number of ether oxygens (including phenoxy) is 1. The van der Waals surface area contributed by atoms with Crippen LogP contribution in [-0.2, 0) is 4.74 Å². The van der Waals surface area contributed by atoms with Gasteiger partial charge in [0, 0.05) is 12.7 Å². The molecule has 1 aromatic rings. The summed E-state index contributed by atoms with van der Waals surface area (Å²) in [6.45, 7) is 0.620. The SMILES string of the molecule is Nc1ncc([N+](=O)[O-])cc1C(=O)NC1CCOC1C1CC1. The van der Waals surface area contributed by atoms with E-state index < -0.39 is 10.8 Å². The van der Waals surface area contributed by atoms with Crippen LogP contribution >= 0.6 is 0 Å². The largest absolute Gasteiger partial charge is 0.383 e. The van der Waals surface area contributed by atoms with Crippen molar-refractivity contribution in [3.05, 3.63) is 27.9 Å². The molecule has 1 aromatic heterocycles. The molecule has 2 atom stereocenters. The van der Waals surface area contributed by atoms with Crippen LogP contribution in [0.1, 0.15) is 29.6 Å². The molecule has 21 heavy (non-hydrogen) atoms. The highest BCUT2D eigenvalue weighted by atomic mass is 16.6. The van der Waals surface area contributed by atoms with Crippen LogP contribution in [0.5, 0.6) is 0 Å². The zero-order valence-electron chi connectivity index (χ0n) is 11.3. The maximum atomic E-state index is 12.3. The highest BCUT2D eigenvalue weighted by Crippen LogP contribution is 2.38. The Balaban J connectivity index is 1.75. The van der Waals surface area contributed by atoms with E-state index in [9.17, 15) is 14.9 Å². The number of rotatable bonds is 4. The Bertz CT molecular complexity index is 588. The monoisotopic (exact) mass is 292 g/mol. The number of nitrogens with zero attached hydrogens (tertiary/aromatic N) is 2. The summed E-state index contributed by atoms with van der Waals surface area (Å²) in [4.78, 5) is 26.1. The van der Waals surface area contributed by atoms with Crippen LogP contribution in [0.3, 0.4) is 0 Å². The van der Waals surface area contributed by atoms with Gasteiger partial charge in [0.1, 0.15) is 12.0 Å². The van der Waals surface area contributed by atoms with E-state index in [1.165, 1.54) is 0 Å². The summed E-state index contributed by atoms with van der Waals surface area (Å²) in [6.07, 6.45) is 4.07.